The zero-order chi connectivity index (χ0) is 29.3. The second kappa shape index (κ2) is 11.4. The highest BCUT2D eigenvalue weighted by Gasteiger charge is 2.46. The number of likely N-dealkylation sites (tertiary alicyclic amines) is 1. The van der Waals surface area contributed by atoms with E-state index in [0.29, 0.717) is 38.0 Å². The molecular weight excluding hydrogens is 532 g/mol. The smallest absolute Gasteiger partial charge is 0.410 e. The van der Waals surface area contributed by atoms with Crippen molar-refractivity contribution in [1.29, 1.82) is 0 Å². The molecule has 4 atom stereocenters. The maximum absolute atomic E-state index is 12.7. The first-order valence-electron chi connectivity index (χ1n) is 13.7. The van der Waals surface area contributed by atoms with E-state index in [4.69, 9.17) is 9.47 Å². The third kappa shape index (κ3) is 7.34. The van der Waals surface area contributed by atoms with Gasteiger partial charge < -0.3 is 19.5 Å². The van der Waals surface area contributed by atoms with Crippen molar-refractivity contribution < 1.29 is 32.6 Å². The van der Waals surface area contributed by atoms with Crippen LogP contribution in [0.3, 0.4) is 0 Å². The number of carboxylic acid groups (broad SMARTS) is 1. The lowest BCUT2D eigenvalue weighted by atomic mass is 9.79. The van der Waals surface area contributed by atoms with Crippen molar-refractivity contribution in [1.82, 2.24) is 9.62 Å². The Labute approximate surface area is 236 Å². The molecule has 2 aromatic carbocycles. The number of nitrogens with one attached hydrogen (secondary N) is 1. The minimum atomic E-state index is -3.42. The van der Waals surface area contributed by atoms with E-state index in [1.165, 1.54) is 0 Å². The number of carbonyl (C=O) groups excluding carboxylic acids is 1. The molecule has 9 nitrogen and oxygen atoms in total. The highest BCUT2D eigenvalue weighted by molar-refractivity contribution is 7.88. The number of hydrogen-bond acceptors (Lipinski definition) is 6. The molecule has 218 valence electrons. The predicted octanol–water partition coefficient (Wildman–Crippen LogP) is 4.85. The maximum Gasteiger partial charge on any atom is 0.410 e. The Kier molecular flexibility index (Phi) is 8.52. The van der Waals surface area contributed by atoms with Gasteiger partial charge in [-0.05, 0) is 70.6 Å². The fourth-order valence-corrected chi connectivity index (χ4v) is 6.64. The van der Waals surface area contributed by atoms with Gasteiger partial charge in [0.1, 0.15) is 17.5 Å². The van der Waals surface area contributed by atoms with E-state index in [2.05, 4.69) is 4.72 Å². The van der Waals surface area contributed by atoms with Gasteiger partial charge in [0.25, 0.3) is 0 Å². The number of para-hydroxylation sites is 1. The summed E-state index contributed by atoms with van der Waals surface area (Å²) in [4.78, 5) is 26.8. The molecule has 0 bridgehead atoms. The lowest BCUT2D eigenvalue weighted by Crippen LogP contribution is -2.39. The number of sulfonamides is 1. The van der Waals surface area contributed by atoms with Gasteiger partial charge in [-0.3, -0.25) is 4.79 Å². The van der Waals surface area contributed by atoms with Gasteiger partial charge in [0, 0.05) is 24.1 Å². The van der Waals surface area contributed by atoms with E-state index in [9.17, 15) is 23.1 Å². The van der Waals surface area contributed by atoms with Gasteiger partial charge in [-0.2, -0.15) is 0 Å². The fourth-order valence-electron chi connectivity index (χ4n) is 5.83. The molecule has 40 heavy (non-hydrogen) atoms. The third-order valence-electron chi connectivity index (χ3n) is 7.57. The quantitative estimate of drug-likeness (QED) is 0.464. The second-order valence-electron chi connectivity index (χ2n) is 12.2. The summed E-state index contributed by atoms with van der Waals surface area (Å²) in [5, 5.41) is 10.1. The van der Waals surface area contributed by atoms with Crippen molar-refractivity contribution >= 4 is 22.1 Å². The summed E-state index contributed by atoms with van der Waals surface area (Å²) < 4.78 is 38.0. The van der Waals surface area contributed by atoms with Crippen LogP contribution in [0.2, 0.25) is 0 Å². The van der Waals surface area contributed by atoms with Gasteiger partial charge in [-0.15, -0.1) is 0 Å². The molecule has 1 aliphatic heterocycles. The Bertz CT molecular complexity index is 1350. The largest absolute Gasteiger partial charge is 0.488 e. The van der Waals surface area contributed by atoms with Crippen LogP contribution >= 0.6 is 0 Å². The maximum atomic E-state index is 12.7. The average molecular weight is 573 g/mol. The molecule has 2 aromatic rings. The molecule has 0 radical (unpaired) electrons. The van der Waals surface area contributed by atoms with E-state index < -0.39 is 33.1 Å². The molecule has 1 heterocycles. The first-order chi connectivity index (χ1) is 18.6. The van der Waals surface area contributed by atoms with Crippen molar-refractivity contribution in [3.63, 3.8) is 0 Å². The number of aliphatic carboxylic acids is 1. The number of carboxylic acids is 1. The summed E-state index contributed by atoms with van der Waals surface area (Å²) in [6.07, 6.45) is 2.65. The molecule has 0 spiro atoms. The van der Waals surface area contributed by atoms with E-state index in [-0.39, 0.29) is 24.7 Å². The van der Waals surface area contributed by atoms with Gasteiger partial charge in [0.15, 0.2) is 0 Å². The van der Waals surface area contributed by atoms with Crippen LogP contribution in [0, 0.1) is 5.41 Å². The summed E-state index contributed by atoms with van der Waals surface area (Å²) in [7, 11) is -3.42. The van der Waals surface area contributed by atoms with Gasteiger partial charge in [-0.1, -0.05) is 42.5 Å². The second-order valence-corrected chi connectivity index (χ2v) is 14.0. The lowest BCUT2D eigenvalue weighted by Gasteiger charge is -2.26. The van der Waals surface area contributed by atoms with Gasteiger partial charge >= 0.3 is 12.1 Å². The number of nitrogens with zero attached hydrogens (tertiary/aromatic N) is 1. The van der Waals surface area contributed by atoms with Crippen LogP contribution < -0.4 is 9.46 Å². The summed E-state index contributed by atoms with van der Waals surface area (Å²) in [5.74, 6) is -0.224. The molecule has 2 aliphatic rings. The molecule has 1 amide bonds. The van der Waals surface area contributed by atoms with Crippen LogP contribution in [-0.2, 0) is 26.0 Å². The topological polar surface area (TPSA) is 122 Å². The summed E-state index contributed by atoms with van der Waals surface area (Å²) in [6.45, 7) is 7.95. The molecule has 1 saturated carbocycles. The number of amides is 1. The minimum absolute atomic E-state index is 0.0185. The monoisotopic (exact) mass is 572 g/mol. The number of rotatable bonds is 8. The number of ether oxygens (including phenoxy) is 2. The number of benzene rings is 2. The van der Waals surface area contributed by atoms with Crippen LogP contribution in [-0.4, -0.2) is 67.1 Å². The van der Waals surface area contributed by atoms with E-state index in [1.54, 1.807) is 4.90 Å². The van der Waals surface area contributed by atoms with Gasteiger partial charge in [0.05, 0.1) is 18.2 Å². The van der Waals surface area contributed by atoms with Crippen LogP contribution in [0.5, 0.6) is 5.75 Å². The molecule has 0 unspecified atom stereocenters. The Hall–Kier alpha value is -3.11. The van der Waals surface area contributed by atoms with Crippen molar-refractivity contribution in [2.24, 2.45) is 5.41 Å². The molecule has 2 fully saturated rings. The summed E-state index contributed by atoms with van der Waals surface area (Å²) in [5.41, 5.74) is 1.02. The molecule has 0 aromatic heterocycles. The molecular formula is C30H40N2O7S. The Morgan fingerprint density at radius 1 is 1.15 bits per heavy atom. The molecule has 2 N–H and O–H groups in total. The predicted molar refractivity (Wildman–Crippen MR) is 153 cm³/mol. The lowest BCUT2D eigenvalue weighted by molar-refractivity contribution is -0.148. The van der Waals surface area contributed by atoms with E-state index in [0.717, 1.165) is 22.9 Å². The van der Waals surface area contributed by atoms with Crippen molar-refractivity contribution in [3.05, 3.63) is 54.1 Å². The Balaban J connectivity index is 1.51. The first kappa shape index (κ1) is 29.9. The van der Waals surface area contributed by atoms with Gasteiger partial charge in [-0.25, -0.2) is 17.9 Å². The Morgan fingerprint density at radius 3 is 2.55 bits per heavy atom. The highest BCUT2D eigenvalue weighted by Crippen LogP contribution is 2.42. The van der Waals surface area contributed by atoms with Crippen molar-refractivity contribution in [2.45, 2.75) is 83.6 Å². The highest BCUT2D eigenvalue weighted by atomic mass is 32.2. The summed E-state index contributed by atoms with van der Waals surface area (Å²) >= 11 is 0. The average Bonchev–Trinajstić information content (AvgIpc) is 3.41. The molecule has 1 saturated heterocycles. The van der Waals surface area contributed by atoms with Crippen LogP contribution in [0.25, 0.3) is 11.1 Å². The Morgan fingerprint density at radius 2 is 1.88 bits per heavy atom. The molecule has 10 heteroatoms. The number of hydrogen-bond donors (Lipinski definition) is 2. The molecule has 4 rings (SSSR count). The zero-order valence-corrected chi connectivity index (χ0v) is 24.7. The van der Waals surface area contributed by atoms with Crippen molar-refractivity contribution in [3.8, 4) is 16.9 Å². The first-order valence-corrected chi connectivity index (χ1v) is 15.6. The number of carbonyl (C=O) groups is 2. The SMILES string of the molecule is C[C@@H]1C[C@@H](Oc2ccccc2-c2cccc(C[C@]3(C(=O)O)CC[C@H](NS(C)(=O)=O)C3)c2)CN1C(=O)OC(C)(C)C. The molecule has 1 aliphatic carbocycles. The zero-order valence-electron chi connectivity index (χ0n) is 23.8. The van der Waals surface area contributed by atoms with Crippen LogP contribution in [0.4, 0.5) is 4.79 Å². The van der Waals surface area contributed by atoms with E-state index >= 15 is 0 Å². The third-order valence-corrected chi connectivity index (χ3v) is 8.33. The van der Waals surface area contributed by atoms with Gasteiger partial charge in [0.2, 0.25) is 10.0 Å². The van der Waals surface area contributed by atoms with Crippen LogP contribution in [0.15, 0.2) is 48.5 Å². The normalized spacial score (nSPS) is 25.1. The standard InChI is InChI=1S/C30H40N2O7S/c1-20-15-24(19-32(20)28(35)39-29(2,3)4)38-26-12-7-6-11-25(26)22-10-8-9-21(16-22)17-30(27(33)34)14-13-23(18-30)31-40(5,36)37/h6-12,16,20,23-24,31H,13-15,17-19H2,1-5H3,(H,33,34)/t20-,23+,24-,30-/m1/s1. The van der Waals surface area contributed by atoms with Crippen LogP contribution in [0.1, 0.15) is 58.9 Å². The fraction of sp³-hybridized carbons (Fsp3) is 0.533. The minimum Gasteiger partial charge on any atom is -0.488 e. The van der Waals surface area contributed by atoms with Crippen molar-refractivity contribution in [2.75, 3.05) is 12.8 Å². The summed E-state index contributed by atoms with van der Waals surface area (Å²) in [6, 6.07) is 15.0. The van der Waals surface area contributed by atoms with E-state index in [1.807, 2.05) is 76.2 Å².